The van der Waals surface area contributed by atoms with Gasteiger partial charge in [0, 0.05) is 29.8 Å². The predicted octanol–water partition coefficient (Wildman–Crippen LogP) is 3.14. The summed E-state index contributed by atoms with van der Waals surface area (Å²) >= 11 is 0. The molecule has 1 amide bonds. The minimum atomic E-state index is -0.317. The Bertz CT molecular complexity index is 811. The summed E-state index contributed by atoms with van der Waals surface area (Å²) in [4.78, 5) is 16.3. The standard InChI is InChI=1S/C17H15N3O2/c1-12-6-7-13(11-14(12)20-9-2-3-10-20)17(22)19-16-15(21)5-4-8-18-16/h2-11,21H,1H3,(H,18,19,22). The lowest BCUT2D eigenvalue weighted by molar-refractivity contribution is 0.102. The van der Waals surface area contributed by atoms with E-state index in [-0.39, 0.29) is 17.5 Å². The second-order valence-corrected chi connectivity index (χ2v) is 4.92. The van der Waals surface area contributed by atoms with Crippen molar-refractivity contribution in [2.45, 2.75) is 6.92 Å². The molecule has 2 heterocycles. The lowest BCUT2D eigenvalue weighted by Gasteiger charge is -2.10. The van der Waals surface area contributed by atoms with Crippen molar-refractivity contribution in [3.05, 3.63) is 72.2 Å². The van der Waals surface area contributed by atoms with Crippen LogP contribution in [0.15, 0.2) is 61.1 Å². The van der Waals surface area contributed by atoms with Crippen molar-refractivity contribution in [1.82, 2.24) is 9.55 Å². The highest BCUT2D eigenvalue weighted by atomic mass is 16.3. The van der Waals surface area contributed by atoms with Crippen molar-refractivity contribution in [3.63, 3.8) is 0 Å². The van der Waals surface area contributed by atoms with E-state index in [9.17, 15) is 9.90 Å². The third-order valence-electron chi connectivity index (χ3n) is 3.37. The van der Waals surface area contributed by atoms with Gasteiger partial charge in [-0.1, -0.05) is 6.07 Å². The molecule has 5 nitrogen and oxygen atoms in total. The first kappa shape index (κ1) is 13.9. The van der Waals surface area contributed by atoms with Gasteiger partial charge in [-0.05, 0) is 48.9 Å². The highest BCUT2D eigenvalue weighted by molar-refractivity contribution is 6.04. The summed E-state index contributed by atoms with van der Waals surface area (Å²) in [6, 6.07) is 12.4. The smallest absolute Gasteiger partial charge is 0.256 e. The molecule has 22 heavy (non-hydrogen) atoms. The first-order valence-corrected chi connectivity index (χ1v) is 6.84. The molecule has 0 bridgehead atoms. The minimum absolute atomic E-state index is 0.0615. The number of rotatable bonds is 3. The van der Waals surface area contributed by atoms with Crippen molar-refractivity contribution in [1.29, 1.82) is 0 Å². The summed E-state index contributed by atoms with van der Waals surface area (Å²) in [5.74, 6) is -0.230. The van der Waals surface area contributed by atoms with Gasteiger partial charge in [-0.15, -0.1) is 0 Å². The van der Waals surface area contributed by atoms with Crippen molar-refractivity contribution in [2.24, 2.45) is 0 Å². The quantitative estimate of drug-likeness (QED) is 0.779. The molecule has 1 aromatic carbocycles. The van der Waals surface area contributed by atoms with Crippen LogP contribution in [-0.2, 0) is 0 Å². The number of amides is 1. The molecule has 2 N–H and O–H groups in total. The SMILES string of the molecule is Cc1ccc(C(=O)Nc2ncccc2O)cc1-n1cccc1. The number of nitrogens with one attached hydrogen (secondary N) is 1. The number of aromatic nitrogens is 2. The number of anilines is 1. The Labute approximate surface area is 127 Å². The van der Waals surface area contributed by atoms with Crippen molar-refractivity contribution < 1.29 is 9.90 Å². The maximum atomic E-state index is 12.3. The molecule has 0 aliphatic heterocycles. The monoisotopic (exact) mass is 293 g/mol. The van der Waals surface area contributed by atoms with E-state index in [4.69, 9.17) is 0 Å². The molecule has 0 atom stereocenters. The van der Waals surface area contributed by atoms with E-state index in [2.05, 4.69) is 10.3 Å². The summed E-state index contributed by atoms with van der Waals surface area (Å²) < 4.78 is 1.95. The number of hydrogen-bond donors (Lipinski definition) is 2. The number of nitrogens with zero attached hydrogens (tertiary/aromatic N) is 2. The highest BCUT2D eigenvalue weighted by Gasteiger charge is 2.11. The van der Waals surface area contributed by atoms with Gasteiger partial charge < -0.3 is 15.0 Å². The number of carbonyl (C=O) groups excluding carboxylic acids is 1. The van der Waals surface area contributed by atoms with Gasteiger partial charge in [-0.25, -0.2) is 4.98 Å². The molecule has 0 spiro atoms. The molecule has 3 rings (SSSR count). The molecule has 110 valence electrons. The lowest BCUT2D eigenvalue weighted by atomic mass is 10.1. The van der Waals surface area contributed by atoms with Gasteiger partial charge in [0.15, 0.2) is 11.6 Å². The molecule has 0 fully saturated rings. The first-order chi connectivity index (χ1) is 10.6. The van der Waals surface area contributed by atoms with Gasteiger partial charge in [0.25, 0.3) is 5.91 Å². The van der Waals surface area contributed by atoms with Crippen LogP contribution in [0.5, 0.6) is 5.75 Å². The maximum Gasteiger partial charge on any atom is 0.256 e. The summed E-state index contributed by atoms with van der Waals surface area (Å²) in [7, 11) is 0. The molecule has 0 unspecified atom stereocenters. The molecule has 0 saturated carbocycles. The van der Waals surface area contributed by atoms with Crippen LogP contribution in [0, 0.1) is 6.92 Å². The molecule has 3 aromatic rings. The Morgan fingerprint density at radius 2 is 1.95 bits per heavy atom. The minimum Gasteiger partial charge on any atom is -0.504 e. The fourth-order valence-corrected chi connectivity index (χ4v) is 2.20. The van der Waals surface area contributed by atoms with E-state index in [0.29, 0.717) is 5.56 Å². The Morgan fingerprint density at radius 3 is 2.68 bits per heavy atom. The number of pyridine rings is 1. The largest absolute Gasteiger partial charge is 0.504 e. The Morgan fingerprint density at radius 1 is 1.18 bits per heavy atom. The van der Waals surface area contributed by atoms with E-state index in [1.807, 2.05) is 48.1 Å². The molecular formula is C17H15N3O2. The molecule has 0 aliphatic carbocycles. The predicted molar refractivity (Wildman–Crippen MR) is 84.4 cm³/mol. The number of aromatic hydroxyl groups is 1. The van der Waals surface area contributed by atoms with Gasteiger partial charge in [0.05, 0.1) is 0 Å². The number of carbonyl (C=O) groups is 1. The second-order valence-electron chi connectivity index (χ2n) is 4.92. The fourth-order valence-electron chi connectivity index (χ4n) is 2.20. The zero-order valence-corrected chi connectivity index (χ0v) is 12.0. The Kier molecular flexibility index (Phi) is 3.62. The van der Waals surface area contributed by atoms with E-state index < -0.39 is 0 Å². The molecule has 0 aliphatic rings. The van der Waals surface area contributed by atoms with E-state index in [0.717, 1.165) is 11.3 Å². The van der Waals surface area contributed by atoms with Crippen molar-refractivity contribution in [2.75, 3.05) is 5.32 Å². The van der Waals surface area contributed by atoms with Crippen LogP contribution < -0.4 is 5.32 Å². The van der Waals surface area contributed by atoms with Gasteiger partial charge in [-0.3, -0.25) is 4.79 Å². The average molecular weight is 293 g/mol. The third kappa shape index (κ3) is 2.69. The molecule has 5 heteroatoms. The van der Waals surface area contributed by atoms with Gasteiger partial charge in [0.1, 0.15) is 0 Å². The maximum absolute atomic E-state index is 12.3. The Balaban J connectivity index is 1.91. The topological polar surface area (TPSA) is 67.2 Å². The number of benzene rings is 1. The van der Waals surface area contributed by atoms with Crippen LogP contribution in [0.25, 0.3) is 5.69 Å². The number of aryl methyl sites for hydroxylation is 1. The summed E-state index contributed by atoms with van der Waals surface area (Å²) in [6.07, 6.45) is 5.36. The second kappa shape index (κ2) is 5.73. The fraction of sp³-hybridized carbons (Fsp3) is 0.0588. The van der Waals surface area contributed by atoms with Crippen LogP contribution in [0.4, 0.5) is 5.82 Å². The summed E-state index contributed by atoms with van der Waals surface area (Å²) in [5, 5.41) is 12.3. The number of hydrogen-bond acceptors (Lipinski definition) is 3. The molecular weight excluding hydrogens is 278 g/mol. The van der Waals surface area contributed by atoms with Gasteiger partial charge >= 0.3 is 0 Å². The van der Waals surface area contributed by atoms with Gasteiger partial charge in [0.2, 0.25) is 0 Å². The van der Waals surface area contributed by atoms with Gasteiger partial charge in [-0.2, -0.15) is 0 Å². The van der Waals surface area contributed by atoms with Crippen LogP contribution in [-0.4, -0.2) is 20.6 Å². The molecule has 0 radical (unpaired) electrons. The lowest BCUT2D eigenvalue weighted by Crippen LogP contribution is -2.13. The zero-order chi connectivity index (χ0) is 15.5. The highest BCUT2D eigenvalue weighted by Crippen LogP contribution is 2.21. The first-order valence-electron chi connectivity index (χ1n) is 6.84. The summed E-state index contributed by atoms with van der Waals surface area (Å²) in [5.41, 5.74) is 2.50. The summed E-state index contributed by atoms with van der Waals surface area (Å²) in [6.45, 7) is 1.99. The average Bonchev–Trinajstić information content (AvgIpc) is 3.04. The van der Waals surface area contributed by atoms with Crippen LogP contribution in [0.1, 0.15) is 15.9 Å². The normalized spacial score (nSPS) is 10.4. The van der Waals surface area contributed by atoms with Crippen LogP contribution in [0.2, 0.25) is 0 Å². The molecule has 0 saturated heterocycles. The van der Waals surface area contributed by atoms with E-state index >= 15 is 0 Å². The van der Waals surface area contributed by atoms with Crippen LogP contribution in [0.3, 0.4) is 0 Å². The Hall–Kier alpha value is -3.08. The van der Waals surface area contributed by atoms with Crippen molar-refractivity contribution >= 4 is 11.7 Å². The van der Waals surface area contributed by atoms with E-state index in [1.54, 1.807) is 12.1 Å². The van der Waals surface area contributed by atoms with Crippen molar-refractivity contribution in [3.8, 4) is 11.4 Å². The third-order valence-corrected chi connectivity index (χ3v) is 3.37. The zero-order valence-electron chi connectivity index (χ0n) is 12.0. The van der Waals surface area contributed by atoms with E-state index in [1.165, 1.54) is 12.3 Å². The van der Waals surface area contributed by atoms with Crippen LogP contribution >= 0.6 is 0 Å². The molecule has 2 aromatic heterocycles.